The number of nitrogens with one attached hydrogen (secondary N) is 1. The van der Waals surface area contributed by atoms with Crippen molar-refractivity contribution in [3.63, 3.8) is 0 Å². The van der Waals surface area contributed by atoms with Gasteiger partial charge < -0.3 is 14.8 Å². The van der Waals surface area contributed by atoms with E-state index >= 15 is 0 Å². The van der Waals surface area contributed by atoms with E-state index in [2.05, 4.69) is 5.32 Å². The second-order valence-corrected chi connectivity index (χ2v) is 3.88. The molecule has 0 heterocycles. The van der Waals surface area contributed by atoms with Gasteiger partial charge in [-0.15, -0.1) is 0 Å². The molecule has 1 aromatic carbocycles. The Morgan fingerprint density at radius 2 is 2.06 bits per heavy atom. The smallest absolute Gasteiger partial charge is 0.165 e. The maximum absolute atomic E-state index is 13.3. The average molecular weight is 241 g/mol. The Morgan fingerprint density at radius 3 is 2.82 bits per heavy atom. The summed E-state index contributed by atoms with van der Waals surface area (Å²) in [5, 5.41) is 3.20. The lowest BCUT2D eigenvalue weighted by molar-refractivity contribution is 0.198. The Labute approximate surface area is 102 Å². The van der Waals surface area contributed by atoms with Crippen molar-refractivity contribution < 1.29 is 13.9 Å². The fraction of sp³-hybridized carbons (Fsp3) is 0.538. The van der Waals surface area contributed by atoms with Gasteiger partial charge in [0.05, 0.1) is 13.2 Å². The number of halogens is 1. The number of aryl methyl sites for hydroxylation is 1. The summed E-state index contributed by atoms with van der Waals surface area (Å²) in [5.74, 6) is 0.0323. The molecule has 4 heteroatoms. The zero-order valence-electron chi connectivity index (χ0n) is 10.5. The highest BCUT2D eigenvalue weighted by Crippen LogP contribution is 2.18. The normalized spacial score (nSPS) is 10.5. The molecule has 0 fully saturated rings. The van der Waals surface area contributed by atoms with Crippen LogP contribution in [0.4, 0.5) is 4.39 Å². The van der Waals surface area contributed by atoms with Crippen LogP contribution in [0, 0.1) is 12.7 Å². The fourth-order valence-corrected chi connectivity index (χ4v) is 1.40. The van der Waals surface area contributed by atoms with Crippen LogP contribution in [-0.4, -0.2) is 33.4 Å². The molecule has 0 bridgehead atoms. The Bertz CT molecular complexity index is 331. The highest BCUT2D eigenvalue weighted by Gasteiger charge is 2.02. The lowest BCUT2D eigenvalue weighted by Crippen LogP contribution is -2.21. The lowest BCUT2D eigenvalue weighted by Gasteiger charge is -2.08. The summed E-state index contributed by atoms with van der Waals surface area (Å²) in [4.78, 5) is 0. The number of methoxy groups -OCH3 is 1. The summed E-state index contributed by atoms with van der Waals surface area (Å²) < 4.78 is 23.6. The van der Waals surface area contributed by atoms with Gasteiger partial charge in [-0.25, -0.2) is 4.39 Å². The van der Waals surface area contributed by atoms with Crippen LogP contribution in [0.3, 0.4) is 0 Å². The first-order chi connectivity index (χ1) is 8.24. The maximum Gasteiger partial charge on any atom is 0.165 e. The van der Waals surface area contributed by atoms with Crippen molar-refractivity contribution >= 4 is 0 Å². The van der Waals surface area contributed by atoms with E-state index < -0.39 is 0 Å². The predicted molar refractivity (Wildman–Crippen MR) is 66.0 cm³/mol. The summed E-state index contributed by atoms with van der Waals surface area (Å²) >= 11 is 0. The van der Waals surface area contributed by atoms with Crippen LogP contribution in [0.5, 0.6) is 5.75 Å². The molecule has 0 spiro atoms. The molecular weight excluding hydrogens is 221 g/mol. The van der Waals surface area contributed by atoms with Crippen molar-refractivity contribution in [2.45, 2.75) is 13.3 Å². The molecule has 17 heavy (non-hydrogen) atoms. The Hall–Kier alpha value is -1.13. The number of rotatable bonds is 8. The Morgan fingerprint density at radius 1 is 1.24 bits per heavy atom. The van der Waals surface area contributed by atoms with E-state index in [1.807, 2.05) is 6.92 Å². The number of hydrogen-bond donors (Lipinski definition) is 1. The molecule has 0 aliphatic rings. The second kappa shape index (κ2) is 8.03. The molecule has 0 radical (unpaired) electrons. The Kier molecular flexibility index (Phi) is 6.58. The number of benzene rings is 1. The molecule has 0 aliphatic heterocycles. The number of hydrogen-bond acceptors (Lipinski definition) is 3. The van der Waals surface area contributed by atoms with Crippen molar-refractivity contribution in [2.75, 3.05) is 33.4 Å². The Balaban J connectivity index is 2.15. The average Bonchev–Trinajstić information content (AvgIpc) is 2.32. The zero-order chi connectivity index (χ0) is 12.5. The van der Waals surface area contributed by atoms with Crippen LogP contribution >= 0.6 is 0 Å². The molecule has 0 saturated carbocycles. The molecule has 1 aromatic rings. The standard InChI is InChI=1S/C13H20FNO2/c1-11-4-5-12(14)13(10-11)17-8-3-6-15-7-9-16-2/h4-5,10,15H,3,6-9H2,1-2H3. The molecular formula is C13H20FNO2. The van der Waals surface area contributed by atoms with Crippen molar-refractivity contribution in [2.24, 2.45) is 0 Å². The number of ether oxygens (including phenoxy) is 2. The third-order valence-electron chi connectivity index (χ3n) is 2.33. The molecule has 0 aliphatic carbocycles. The van der Waals surface area contributed by atoms with E-state index in [9.17, 15) is 4.39 Å². The van der Waals surface area contributed by atoms with Gasteiger partial charge in [0.15, 0.2) is 11.6 Å². The minimum absolute atomic E-state index is 0.303. The van der Waals surface area contributed by atoms with Gasteiger partial charge in [0.2, 0.25) is 0 Å². The molecule has 0 unspecified atom stereocenters. The van der Waals surface area contributed by atoms with E-state index in [1.54, 1.807) is 19.2 Å². The van der Waals surface area contributed by atoms with Crippen LogP contribution in [0.15, 0.2) is 18.2 Å². The monoisotopic (exact) mass is 241 g/mol. The van der Waals surface area contributed by atoms with Gasteiger partial charge in [-0.2, -0.15) is 0 Å². The van der Waals surface area contributed by atoms with Crippen molar-refractivity contribution in [3.05, 3.63) is 29.6 Å². The molecule has 96 valence electrons. The minimum atomic E-state index is -0.303. The van der Waals surface area contributed by atoms with Gasteiger partial charge in [-0.05, 0) is 37.6 Å². The van der Waals surface area contributed by atoms with Crippen LogP contribution in [0.25, 0.3) is 0 Å². The quantitative estimate of drug-likeness (QED) is 0.707. The maximum atomic E-state index is 13.3. The van der Waals surface area contributed by atoms with Gasteiger partial charge in [0, 0.05) is 13.7 Å². The zero-order valence-corrected chi connectivity index (χ0v) is 10.5. The van der Waals surface area contributed by atoms with Gasteiger partial charge in [-0.3, -0.25) is 0 Å². The van der Waals surface area contributed by atoms with Crippen LogP contribution in [0.1, 0.15) is 12.0 Å². The molecule has 0 saturated heterocycles. The van der Waals surface area contributed by atoms with Gasteiger partial charge in [-0.1, -0.05) is 6.07 Å². The van der Waals surface area contributed by atoms with Gasteiger partial charge in [0.1, 0.15) is 0 Å². The van der Waals surface area contributed by atoms with E-state index in [1.165, 1.54) is 6.07 Å². The SMILES string of the molecule is COCCNCCCOc1cc(C)ccc1F. The summed E-state index contributed by atoms with van der Waals surface area (Å²) in [5.41, 5.74) is 1.000. The van der Waals surface area contributed by atoms with Crippen LogP contribution in [0.2, 0.25) is 0 Å². The van der Waals surface area contributed by atoms with Crippen molar-refractivity contribution in [3.8, 4) is 5.75 Å². The van der Waals surface area contributed by atoms with Crippen LogP contribution in [-0.2, 0) is 4.74 Å². The topological polar surface area (TPSA) is 30.5 Å². The van der Waals surface area contributed by atoms with Crippen molar-refractivity contribution in [1.82, 2.24) is 5.32 Å². The van der Waals surface area contributed by atoms with E-state index in [4.69, 9.17) is 9.47 Å². The van der Waals surface area contributed by atoms with Crippen molar-refractivity contribution in [1.29, 1.82) is 0 Å². The lowest BCUT2D eigenvalue weighted by atomic mass is 10.2. The van der Waals surface area contributed by atoms with Gasteiger partial charge in [0.25, 0.3) is 0 Å². The summed E-state index contributed by atoms with van der Waals surface area (Å²) in [6, 6.07) is 4.88. The predicted octanol–water partition coefficient (Wildman–Crippen LogP) is 2.14. The summed E-state index contributed by atoms with van der Waals surface area (Å²) in [6.07, 6.45) is 0.844. The molecule has 3 nitrogen and oxygen atoms in total. The first-order valence-corrected chi connectivity index (χ1v) is 5.82. The molecule has 0 amide bonds. The van der Waals surface area contributed by atoms with Crippen LogP contribution < -0.4 is 10.1 Å². The highest BCUT2D eigenvalue weighted by atomic mass is 19.1. The fourth-order valence-electron chi connectivity index (χ4n) is 1.40. The largest absolute Gasteiger partial charge is 0.490 e. The molecule has 0 atom stereocenters. The molecule has 1 rings (SSSR count). The van der Waals surface area contributed by atoms with E-state index in [-0.39, 0.29) is 5.82 Å². The summed E-state index contributed by atoms with van der Waals surface area (Å²) in [7, 11) is 1.67. The minimum Gasteiger partial charge on any atom is -0.490 e. The molecule has 1 N–H and O–H groups in total. The second-order valence-electron chi connectivity index (χ2n) is 3.88. The highest BCUT2D eigenvalue weighted by molar-refractivity contribution is 5.29. The third kappa shape index (κ3) is 5.65. The first kappa shape index (κ1) is 13.9. The summed E-state index contributed by atoms with van der Waals surface area (Å²) in [6.45, 7) is 4.80. The third-order valence-corrected chi connectivity index (χ3v) is 2.33. The molecule has 0 aromatic heterocycles. The first-order valence-electron chi connectivity index (χ1n) is 5.82. The van der Waals surface area contributed by atoms with E-state index in [0.717, 1.165) is 25.1 Å². The van der Waals surface area contributed by atoms with Gasteiger partial charge >= 0.3 is 0 Å². The van der Waals surface area contributed by atoms with E-state index in [0.29, 0.717) is 19.0 Å².